The molecular weight excluding hydrogens is 334 g/mol. The van der Waals surface area contributed by atoms with Gasteiger partial charge in [0.15, 0.2) is 6.23 Å². The molecular formula is C11H14ClN5O6. The Morgan fingerprint density at radius 2 is 2.17 bits per heavy atom. The largest absolute Gasteiger partial charge is 0.394 e. The van der Waals surface area contributed by atoms with Crippen molar-refractivity contribution in [1.82, 2.24) is 9.55 Å². The van der Waals surface area contributed by atoms with E-state index in [9.17, 15) is 19.8 Å². The van der Waals surface area contributed by atoms with Crippen LogP contribution in [0.3, 0.4) is 0 Å². The number of alkyl halides is 1. The molecule has 0 amide bonds. The summed E-state index contributed by atoms with van der Waals surface area (Å²) in [5, 5.41) is 32.1. The number of aromatic amines is 1. The molecule has 1 fully saturated rings. The minimum Gasteiger partial charge on any atom is -0.394 e. The molecule has 0 radical (unpaired) electrons. The van der Waals surface area contributed by atoms with E-state index in [4.69, 9.17) is 27.0 Å². The average Bonchev–Trinajstić information content (AvgIpc) is 2.81. The summed E-state index contributed by atoms with van der Waals surface area (Å²) in [5.74, 6) is -0.207. The fraction of sp³-hybridized carbons (Fsp3) is 0.636. The summed E-state index contributed by atoms with van der Waals surface area (Å²) in [5.41, 5.74) is 6.70. The molecule has 4 N–H and O–H groups in total. The molecule has 1 unspecified atom stereocenters. The van der Waals surface area contributed by atoms with Gasteiger partial charge in [-0.05, 0) is 5.53 Å². The first-order chi connectivity index (χ1) is 10.9. The Morgan fingerprint density at radius 1 is 1.48 bits per heavy atom. The van der Waals surface area contributed by atoms with E-state index in [-0.39, 0.29) is 11.4 Å². The average molecular weight is 348 g/mol. The minimum absolute atomic E-state index is 0.102. The zero-order valence-electron chi connectivity index (χ0n) is 11.6. The van der Waals surface area contributed by atoms with E-state index in [1.54, 1.807) is 0 Å². The summed E-state index contributed by atoms with van der Waals surface area (Å²) in [6.07, 6.45) is -4.28. The van der Waals surface area contributed by atoms with Gasteiger partial charge in [-0.3, -0.25) is 14.3 Å². The lowest BCUT2D eigenvalue weighted by atomic mass is 10.1. The molecule has 12 heteroatoms. The summed E-state index contributed by atoms with van der Waals surface area (Å²) in [6, 6.07) is -1.03. The molecule has 2 heterocycles. The van der Waals surface area contributed by atoms with Crippen LogP contribution in [0, 0.1) is 0 Å². The van der Waals surface area contributed by atoms with Crippen LogP contribution in [0.25, 0.3) is 10.4 Å². The van der Waals surface area contributed by atoms with Crippen molar-refractivity contribution in [2.45, 2.75) is 30.6 Å². The standard InChI is InChI=1S/C11H14ClN5O6/c12-1-5(15-16-13)4-2-17(11(22)14-9(4)21)10-8(20)7(19)6(3-18)23-10/h2,5-8,10,18-20H,1,3H2,(H,14,21,22)/t5?,6-,7-,8-,10-/m1/s1. The lowest BCUT2D eigenvalue weighted by molar-refractivity contribution is -0.0551. The van der Waals surface area contributed by atoms with Crippen LogP contribution in [0.5, 0.6) is 0 Å². The van der Waals surface area contributed by atoms with Crippen molar-refractivity contribution in [2.24, 2.45) is 5.11 Å². The molecule has 0 aromatic carbocycles. The van der Waals surface area contributed by atoms with Crippen molar-refractivity contribution in [3.63, 3.8) is 0 Å². The van der Waals surface area contributed by atoms with Crippen LogP contribution in [0.1, 0.15) is 17.8 Å². The van der Waals surface area contributed by atoms with E-state index in [0.29, 0.717) is 0 Å². The van der Waals surface area contributed by atoms with Gasteiger partial charge in [0.05, 0.1) is 12.6 Å². The van der Waals surface area contributed by atoms with Gasteiger partial charge in [-0.25, -0.2) is 4.79 Å². The molecule has 0 aliphatic carbocycles. The summed E-state index contributed by atoms with van der Waals surface area (Å²) in [4.78, 5) is 28.3. The monoisotopic (exact) mass is 347 g/mol. The Labute approximate surface area is 133 Å². The number of halogens is 1. The number of H-pyrrole nitrogens is 1. The summed E-state index contributed by atoms with van der Waals surface area (Å²) in [7, 11) is 0. The van der Waals surface area contributed by atoms with Gasteiger partial charge in [0.25, 0.3) is 5.56 Å². The van der Waals surface area contributed by atoms with Crippen LogP contribution in [0.2, 0.25) is 0 Å². The molecule has 0 bridgehead atoms. The van der Waals surface area contributed by atoms with Gasteiger partial charge < -0.3 is 20.1 Å². The molecule has 5 atom stereocenters. The van der Waals surface area contributed by atoms with Gasteiger partial charge in [-0.1, -0.05) is 5.11 Å². The van der Waals surface area contributed by atoms with E-state index >= 15 is 0 Å². The van der Waals surface area contributed by atoms with Gasteiger partial charge in [-0.2, -0.15) is 0 Å². The van der Waals surface area contributed by atoms with Crippen LogP contribution in [0.15, 0.2) is 20.9 Å². The Balaban J connectivity index is 2.50. The number of hydrogen-bond acceptors (Lipinski definition) is 7. The number of nitrogens with one attached hydrogen (secondary N) is 1. The number of ether oxygens (including phenoxy) is 1. The maximum Gasteiger partial charge on any atom is 0.330 e. The fourth-order valence-corrected chi connectivity index (χ4v) is 2.50. The Hall–Kier alpha value is -1.88. The molecule has 1 aliphatic rings. The SMILES string of the molecule is [N-]=[N+]=NC(CCl)c1cn([C@@H]2O[C@H](CO)[C@@H](O)[C@H]2O)c(=O)[nH]c1=O. The molecule has 23 heavy (non-hydrogen) atoms. The highest BCUT2D eigenvalue weighted by Gasteiger charge is 2.43. The molecule has 1 aromatic heterocycles. The third-order valence-corrected chi connectivity index (χ3v) is 3.78. The number of aliphatic hydroxyl groups excluding tert-OH is 3. The molecule has 1 aromatic rings. The van der Waals surface area contributed by atoms with Crippen molar-refractivity contribution in [3.8, 4) is 0 Å². The molecule has 0 saturated carbocycles. The topological polar surface area (TPSA) is 174 Å². The lowest BCUT2D eigenvalue weighted by Crippen LogP contribution is -2.39. The maximum absolute atomic E-state index is 11.9. The normalized spacial score (nSPS) is 28.3. The summed E-state index contributed by atoms with van der Waals surface area (Å²) < 4.78 is 6.06. The number of aromatic nitrogens is 2. The summed E-state index contributed by atoms with van der Waals surface area (Å²) in [6.45, 7) is -0.567. The Morgan fingerprint density at radius 3 is 2.70 bits per heavy atom. The number of rotatable bonds is 5. The molecule has 2 rings (SSSR count). The second kappa shape index (κ2) is 7.13. The van der Waals surface area contributed by atoms with Crippen LogP contribution < -0.4 is 11.2 Å². The van der Waals surface area contributed by atoms with E-state index in [0.717, 1.165) is 10.8 Å². The van der Waals surface area contributed by atoms with Gasteiger partial charge in [0.2, 0.25) is 0 Å². The maximum atomic E-state index is 11.9. The van der Waals surface area contributed by atoms with Gasteiger partial charge in [0.1, 0.15) is 18.3 Å². The van der Waals surface area contributed by atoms with Gasteiger partial charge >= 0.3 is 5.69 Å². The zero-order chi connectivity index (χ0) is 17.1. The van der Waals surface area contributed by atoms with E-state index < -0.39 is 48.4 Å². The molecule has 1 saturated heterocycles. The number of azide groups is 1. The molecule has 126 valence electrons. The highest BCUT2D eigenvalue weighted by molar-refractivity contribution is 6.18. The molecule has 0 spiro atoms. The Kier molecular flexibility index (Phi) is 5.42. The first-order valence-electron chi connectivity index (χ1n) is 6.52. The van der Waals surface area contributed by atoms with E-state index in [2.05, 4.69) is 10.0 Å². The molecule has 1 aliphatic heterocycles. The van der Waals surface area contributed by atoms with E-state index in [1.165, 1.54) is 0 Å². The highest BCUT2D eigenvalue weighted by Crippen LogP contribution is 2.28. The highest BCUT2D eigenvalue weighted by atomic mass is 35.5. The Bertz CT molecular complexity index is 728. The minimum atomic E-state index is -1.50. The van der Waals surface area contributed by atoms with Gasteiger partial charge in [-0.15, -0.1) is 11.6 Å². The van der Waals surface area contributed by atoms with Crippen molar-refractivity contribution in [1.29, 1.82) is 0 Å². The number of nitrogens with zero attached hydrogens (tertiary/aromatic N) is 4. The third-order valence-electron chi connectivity index (χ3n) is 3.48. The summed E-state index contributed by atoms with van der Waals surface area (Å²) >= 11 is 5.64. The first-order valence-corrected chi connectivity index (χ1v) is 7.06. The third kappa shape index (κ3) is 3.24. The van der Waals surface area contributed by atoms with Crippen molar-refractivity contribution < 1.29 is 20.1 Å². The zero-order valence-corrected chi connectivity index (χ0v) is 12.4. The second-order valence-electron chi connectivity index (χ2n) is 4.85. The van der Waals surface area contributed by atoms with Crippen LogP contribution >= 0.6 is 11.6 Å². The van der Waals surface area contributed by atoms with Crippen LogP contribution in [0.4, 0.5) is 0 Å². The van der Waals surface area contributed by atoms with E-state index in [1.807, 2.05) is 4.98 Å². The fourth-order valence-electron chi connectivity index (χ4n) is 2.28. The molecule has 11 nitrogen and oxygen atoms in total. The lowest BCUT2D eigenvalue weighted by Gasteiger charge is -2.18. The van der Waals surface area contributed by atoms with Crippen molar-refractivity contribution in [2.75, 3.05) is 12.5 Å². The second-order valence-corrected chi connectivity index (χ2v) is 5.16. The van der Waals surface area contributed by atoms with Crippen molar-refractivity contribution in [3.05, 3.63) is 43.0 Å². The number of aliphatic hydroxyl groups is 3. The van der Waals surface area contributed by atoms with Crippen molar-refractivity contribution >= 4 is 11.6 Å². The predicted molar refractivity (Wildman–Crippen MR) is 76.9 cm³/mol. The van der Waals surface area contributed by atoms with Crippen LogP contribution in [-0.4, -0.2) is 55.7 Å². The predicted octanol–water partition coefficient (Wildman–Crippen LogP) is -1.26. The number of hydrogen-bond donors (Lipinski definition) is 4. The van der Waals surface area contributed by atoms with Gasteiger partial charge in [0, 0.05) is 22.6 Å². The first kappa shape index (κ1) is 17.5. The smallest absolute Gasteiger partial charge is 0.330 e. The quantitative estimate of drug-likeness (QED) is 0.224. The van der Waals surface area contributed by atoms with Crippen LogP contribution in [-0.2, 0) is 4.74 Å².